The molecule has 0 aromatic heterocycles. The second kappa shape index (κ2) is 5.78. The maximum absolute atomic E-state index is 13.5. The molecule has 3 heteroatoms. The number of halogens is 2. The Bertz CT molecular complexity index is 552. The Morgan fingerprint density at radius 2 is 1.83 bits per heavy atom. The summed E-state index contributed by atoms with van der Waals surface area (Å²) in [6, 6.07) is 13.8. The number of hydrogen-bond acceptors (Lipinski definition) is 1. The van der Waals surface area contributed by atoms with Gasteiger partial charge in [0, 0.05) is 11.4 Å². The van der Waals surface area contributed by atoms with Crippen LogP contribution in [0.15, 0.2) is 48.5 Å². The number of Topliss-reactive ketones (excluding diaryl/α,β-unsaturated/α-hetero) is 1. The highest BCUT2D eigenvalue weighted by atomic mass is 35.5. The number of aryl methyl sites for hydroxylation is 1. The van der Waals surface area contributed by atoms with Crippen molar-refractivity contribution < 1.29 is 9.18 Å². The van der Waals surface area contributed by atoms with Crippen LogP contribution in [0.2, 0.25) is 5.02 Å². The minimum Gasteiger partial charge on any atom is -0.294 e. The lowest BCUT2D eigenvalue weighted by Gasteiger charge is -2.03. The molecule has 0 bridgehead atoms. The summed E-state index contributed by atoms with van der Waals surface area (Å²) in [7, 11) is 0. The fourth-order valence-corrected chi connectivity index (χ4v) is 1.91. The van der Waals surface area contributed by atoms with Gasteiger partial charge >= 0.3 is 0 Å². The van der Waals surface area contributed by atoms with Gasteiger partial charge in [0.05, 0.1) is 5.56 Å². The molecule has 0 aliphatic heterocycles. The molecule has 0 aliphatic carbocycles. The number of carbonyl (C=O) groups excluding carboxylic acids is 1. The van der Waals surface area contributed by atoms with Gasteiger partial charge in [0.25, 0.3) is 0 Å². The minimum atomic E-state index is -0.555. The highest BCUT2D eigenvalue weighted by Crippen LogP contribution is 2.17. The van der Waals surface area contributed by atoms with Crippen molar-refractivity contribution in [1.29, 1.82) is 0 Å². The fraction of sp³-hybridized carbons (Fsp3) is 0.133. The van der Waals surface area contributed by atoms with E-state index in [0.29, 0.717) is 17.9 Å². The van der Waals surface area contributed by atoms with Crippen molar-refractivity contribution in [2.24, 2.45) is 0 Å². The van der Waals surface area contributed by atoms with Crippen LogP contribution in [-0.2, 0) is 6.42 Å². The van der Waals surface area contributed by atoms with Crippen molar-refractivity contribution in [3.05, 3.63) is 70.5 Å². The summed E-state index contributed by atoms with van der Waals surface area (Å²) in [6.07, 6.45) is 0.907. The van der Waals surface area contributed by atoms with Gasteiger partial charge < -0.3 is 0 Å². The Hall–Kier alpha value is -1.67. The van der Waals surface area contributed by atoms with Gasteiger partial charge in [-0.2, -0.15) is 0 Å². The minimum absolute atomic E-state index is 0.107. The molecule has 0 unspecified atom stereocenters. The van der Waals surface area contributed by atoms with Crippen LogP contribution in [0, 0.1) is 5.82 Å². The lowest BCUT2D eigenvalue weighted by atomic mass is 10.0. The molecule has 2 aromatic rings. The summed E-state index contributed by atoms with van der Waals surface area (Å²) >= 11 is 5.64. The van der Waals surface area contributed by atoms with Crippen LogP contribution in [0.1, 0.15) is 22.3 Å². The Morgan fingerprint density at radius 1 is 1.11 bits per heavy atom. The third kappa shape index (κ3) is 3.17. The van der Waals surface area contributed by atoms with E-state index < -0.39 is 5.82 Å². The molecule has 0 amide bonds. The first kappa shape index (κ1) is 12.8. The molecule has 0 spiro atoms. The SMILES string of the molecule is O=C(CCc1ccccc1)c1ccc(Cl)cc1F. The normalized spacial score (nSPS) is 10.3. The van der Waals surface area contributed by atoms with Crippen LogP contribution in [0.25, 0.3) is 0 Å². The second-order valence-corrected chi connectivity index (χ2v) is 4.47. The van der Waals surface area contributed by atoms with Gasteiger partial charge in [-0.15, -0.1) is 0 Å². The summed E-state index contributed by atoms with van der Waals surface area (Å²) < 4.78 is 13.5. The van der Waals surface area contributed by atoms with Gasteiger partial charge in [0.2, 0.25) is 0 Å². The van der Waals surface area contributed by atoms with Crippen molar-refractivity contribution in [2.45, 2.75) is 12.8 Å². The summed E-state index contributed by atoms with van der Waals surface area (Å²) in [5.41, 5.74) is 1.18. The number of carbonyl (C=O) groups is 1. The van der Waals surface area contributed by atoms with Crippen LogP contribution in [0.3, 0.4) is 0 Å². The molecule has 92 valence electrons. The summed E-state index contributed by atoms with van der Waals surface area (Å²) in [5, 5.41) is 0.298. The Morgan fingerprint density at radius 3 is 2.50 bits per heavy atom. The third-order valence-electron chi connectivity index (χ3n) is 2.72. The molecule has 0 aliphatic rings. The lowest BCUT2D eigenvalue weighted by molar-refractivity contribution is 0.0979. The second-order valence-electron chi connectivity index (χ2n) is 4.03. The Balaban J connectivity index is 2.04. The molecule has 2 rings (SSSR count). The van der Waals surface area contributed by atoms with E-state index in [1.165, 1.54) is 12.1 Å². The molecule has 1 nitrogen and oxygen atoms in total. The van der Waals surface area contributed by atoms with Gasteiger partial charge in [-0.25, -0.2) is 4.39 Å². The van der Waals surface area contributed by atoms with Crippen molar-refractivity contribution in [1.82, 2.24) is 0 Å². The first-order chi connectivity index (χ1) is 8.66. The predicted octanol–water partition coefficient (Wildman–Crippen LogP) is 4.29. The van der Waals surface area contributed by atoms with Gasteiger partial charge in [-0.1, -0.05) is 41.9 Å². The topological polar surface area (TPSA) is 17.1 Å². The monoisotopic (exact) mass is 262 g/mol. The first-order valence-corrected chi connectivity index (χ1v) is 6.07. The molecule has 0 N–H and O–H groups in total. The predicted molar refractivity (Wildman–Crippen MR) is 70.5 cm³/mol. The van der Waals surface area contributed by atoms with E-state index in [4.69, 9.17) is 11.6 Å². The lowest BCUT2D eigenvalue weighted by Crippen LogP contribution is -2.04. The molecule has 0 fully saturated rings. The third-order valence-corrected chi connectivity index (χ3v) is 2.95. The van der Waals surface area contributed by atoms with Crippen molar-refractivity contribution in [3.8, 4) is 0 Å². The van der Waals surface area contributed by atoms with Gasteiger partial charge in [0.1, 0.15) is 5.82 Å². The Kier molecular flexibility index (Phi) is 4.11. The van der Waals surface area contributed by atoms with E-state index in [9.17, 15) is 9.18 Å². The van der Waals surface area contributed by atoms with Gasteiger partial charge in [0.15, 0.2) is 5.78 Å². The molecule has 0 atom stereocenters. The number of rotatable bonds is 4. The zero-order chi connectivity index (χ0) is 13.0. The summed E-state index contributed by atoms with van der Waals surface area (Å²) in [4.78, 5) is 11.9. The number of benzene rings is 2. The molecule has 0 saturated heterocycles. The highest BCUT2D eigenvalue weighted by Gasteiger charge is 2.11. The van der Waals surface area contributed by atoms with Crippen LogP contribution in [-0.4, -0.2) is 5.78 Å². The van der Waals surface area contributed by atoms with E-state index in [-0.39, 0.29) is 11.3 Å². The van der Waals surface area contributed by atoms with E-state index in [1.54, 1.807) is 0 Å². The van der Waals surface area contributed by atoms with Crippen LogP contribution >= 0.6 is 11.6 Å². The number of ketones is 1. The zero-order valence-corrected chi connectivity index (χ0v) is 10.5. The summed E-state index contributed by atoms with van der Waals surface area (Å²) in [5.74, 6) is -0.756. The standard InChI is InChI=1S/C15H12ClFO/c16-12-7-8-13(14(17)10-12)15(18)9-6-11-4-2-1-3-5-11/h1-5,7-8,10H,6,9H2. The molecular weight excluding hydrogens is 251 g/mol. The van der Waals surface area contributed by atoms with Crippen molar-refractivity contribution in [2.75, 3.05) is 0 Å². The smallest absolute Gasteiger partial charge is 0.166 e. The van der Waals surface area contributed by atoms with Crippen molar-refractivity contribution in [3.63, 3.8) is 0 Å². The fourth-order valence-electron chi connectivity index (χ4n) is 1.75. The maximum Gasteiger partial charge on any atom is 0.166 e. The van der Waals surface area contributed by atoms with Crippen LogP contribution in [0.4, 0.5) is 4.39 Å². The largest absolute Gasteiger partial charge is 0.294 e. The first-order valence-electron chi connectivity index (χ1n) is 5.69. The molecule has 18 heavy (non-hydrogen) atoms. The van der Waals surface area contributed by atoms with Crippen molar-refractivity contribution >= 4 is 17.4 Å². The van der Waals surface area contributed by atoms with Gasteiger partial charge in [-0.05, 0) is 30.2 Å². The maximum atomic E-state index is 13.5. The highest BCUT2D eigenvalue weighted by molar-refractivity contribution is 6.30. The van der Waals surface area contributed by atoms with Gasteiger partial charge in [-0.3, -0.25) is 4.79 Å². The van der Waals surface area contributed by atoms with Crippen LogP contribution in [0.5, 0.6) is 0 Å². The van der Waals surface area contributed by atoms with E-state index in [0.717, 1.165) is 11.6 Å². The zero-order valence-electron chi connectivity index (χ0n) is 9.70. The molecular formula is C15H12ClFO. The average molecular weight is 263 g/mol. The number of hydrogen-bond donors (Lipinski definition) is 0. The molecule has 2 aromatic carbocycles. The van der Waals surface area contributed by atoms with E-state index >= 15 is 0 Å². The van der Waals surface area contributed by atoms with Crippen LogP contribution < -0.4 is 0 Å². The quantitative estimate of drug-likeness (QED) is 0.751. The Labute approximate surface area is 110 Å². The van der Waals surface area contributed by atoms with E-state index in [2.05, 4.69) is 0 Å². The molecule has 0 heterocycles. The van der Waals surface area contributed by atoms with E-state index in [1.807, 2.05) is 30.3 Å². The molecule has 0 saturated carbocycles. The summed E-state index contributed by atoms with van der Waals surface area (Å²) in [6.45, 7) is 0. The molecule has 0 radical (unpaired) electrons. The average Bonchev–Trinajstić information content (AvgIpc) is 2.37.